The van der Waals surface area contributed by atoms with E-state index in [1.165, 1.54) is 18.2 Å². The first-order valence-electron chi connectivity index (χ1n) is 10.2. The molecule has 0 aromatic heterocycles. The molecule has 20 heteroatoms. The molecule has 0 aliphatic heterocycles. The zero-order chi connectivity index (χ0) is 31.8. The Morgan fingerprint density at radius 2 is 1.37 bits per heavy atom. The molecule has 2 aromatic carbocycles. The van der Waals surface area contributed by atoms with Crippen molar-refractivity contribution in [3.63, 3.8) is 0 Å². The Hall–Kier alpha value is -2.90. The maximum absolute atomic E-state index is 14.4. The van der Waals surface area contributed by atoms with Gasteiger partial charge in [0.1, 0.15) is 0 Å². The molecule has 2 N–H and O–H groups in total. The summed E-state index contributed by atoms with van der Waals surface area (Å²) < 4.78 is 176. The van der Waals surface area contributed by atoms with Crippen molar-refractivity contribution in [1.29, 1.82) is 0 Å². The lowest BCUT2D eigenvalue weighted by Gasteiger charge is -2.35. The molecule has 41 heavy (non-hydrogen) atoms. The number of alkyl halides is 13. The minimum atomic E-state index is -7.54. The van der Waals surface area contributed by atoms with Crippen molar-refractivity contribution >= 4 is 40.5 Å². The molecular formula is C21H12ClF13N2O3S. The summed E-state index contributed by atoms with van der Waals surface area (Å²) in [6.07, 6.45) is -28.0. The number of anilines is 1. The maximum atomic E-state index is 14.4. The number of aryl methyl sites for hydroxylation is 1. The SMILES string of the molecule is Cc1ccc(C(=O)NC(=S)Nc2cccc(C(F)(F)C(F)(F)OC(F)(F)C(F)(F)C(F)(F)OC(F)(F)F)c2)c(Cl)c1. The van der Waals surface area contributed by atoms with Crippen LogP contribution in [0, 0.1) is 6.92 Å². The second-order valence-electron chi connectivity index (χ2n) is 7.82. The third kappa shape index (κ3) is 7.69. The van der Waals surface area contributed by atoms with Gasteiger partial charge in [-0.2, -0.15) is 43.9 Å². The van der Waals surface area contributed by atoms with E-state index in [9.17, 15) is 61.9 Å². The van der Waals surface area contributed by atoms with E-state index in [1.54, 1.807) is 11.7 Å². The van der Waals surface area contributed by atoms with Crippen LogP contribution >= 0.6 is 23.8 Å². The molecule has 0 atom stereocenters. The predicted molar refractivity (Wildman–Crippen MR) is 118 cm³/mol. The number of thiocarbonyl (C=S) groups is 1. The fourth-order valence-electron chi connectivity index (χ4n) is 2.77. The first kappa shape index (κ1) is 34.3. The molecule has 0 saturated heterocycles. The molecule has 0 radical (unpaired) electrons. The fourth-order valence-corrected chi connectivity index (χ4v) is 3.30. The standard InChI is InChI=1S/C21H12ClF13N2O3S/c1-9-5-6-12(13(22)7-9)14(38)37-15(41)36-11-4-2-3-10(8-11)16(23,24)18(27,28)39-19(29,30)17(25,26)20(31,32)40-21(33,34)35/h2-8H,1H3,(H2,36,37,38,41). The van der Waals surface area contributed by atoms with Crippen molar-refractivity contribution in [2.45, 2.75) is 43.5 Å². The summed E-state index contributed by atoms with van der Waals surface area (Å²) in [5.41, 5.74) is -2.00. The summed E-state index contributed by atoms with van der Waals surface area (Å²) in [4.78, 5) is 12.3. The summed E-state index contributed by atoms with van der Waals surface area (Å²) in [5, 5.41) is 3.52. The Bertz CT molecular complexity index is 1310. The van der Waals surface area contributed by atoms with E-state index in [-0.39, 0.29) is 22.7 Å². The van der Waals surface area contributed by atoms with Gasteiger partial charge in [0.05, 0.1) is 10.6 Å². The summed E-state index contributed by atoms with van der Waals surface area (Å²) >= 11 is 10.7. The van der Waals surface area contributed by atoms with Crippen LogP contribution in [0.25, 0.3) is 0 Å². The minimum Gasteiger partial charge on any atom is -0.332 e. The van der Waals surface area contributed by atoms with Crippen LogP contribution in [0.1, 0.15) is 21.5 Å². The first-order valence-corrected chi connectivity index (χ1v) is 11.0. The molecule has 2 rings (SSSR count). The molecular weight excluding hydrogens is 643 g/mol. The van der Waals surface area contributed by atoms with Gasteiger partial charge in [-0.25, -0.2) is 9.47 Å². The van der Waals surface area contributed by atoms with Crippen molar-refractivity contribution in [1.82, 2.24) is 5.32 Å². The van der Waals surface area contributed by atoms with E-state index >= 15 is 0 Å². The Kier molecular flexibility index (Phi) is 9.54. The number of hydrogen-bond donors (Lipinski definition) is 2. The molecule has 1 amide bonds. The minimum absolute atomic E-state index is 0.0146. The van der Waals surface area contributed by atoms with Crippen LogP contribution in [0.4, 0.5) is 62.8 Å². The number of halogens is 14. The number of amides is 1. The monoisotopic (exact) mass is 654 g/mol. The number of hydrogen-bond acceptors (Lipinski definition) is 4. The van der Waals surface area contributed by atoms with Gasteiger partial charge >= 0.3 is 36.5 Å². The third-order valence-corrected chi connectivity index (χ3v) is 5.19. The molecule has 0 heterocycles. The molecule has 5 nitrogen and oxygen atoms in total. The van der Waals surface area contributed by atoms with Gasteiger partial charge in [0.25, 0.3) is 5.91 Å². The summed E-state index contributed by atoms with van der Waals surface area (Å²) in [7, 11) is 0. The van der Waals surface area contributed by atoms with Crippen LogP contribution in [0.15, 0.2) is 42.5 Å². The van der Waals surface area contributed by atoms with Crippen LogP contribution < -0.4 is 10.6 Å². The highest BCUT2D eigenvalue weighted by molar-refractivity contribution is 7.80. The van der Waals surface area contributed by atoms with Gasteiger partial charge in [0, 0.05) is 11.3 Å². The molecule has 0 aliphatic carbocycles. The van der Waals surface area contributed by atoms with Gasteiger partial charge in [0.15, 0.2) is 5.11 Å². The number of ether oxygens (including phenoxy) is 2. The van der Waals surface area contributed by atoms with Crippen molar-refractivity contribution in [2.75, 3.05) is 5.32 Å². The molecule has 0 aliphatic rings. The lowest BCUT2D eigenvalue weighted by molar-refractivity contribution is -0.535. The van der Waals surface area contributed by atoms with E-state index in [1.807, 2.05) is 4.74 Å². The van der Waals surface area contributed by atoms with Gasteiger partial charge in [-0.15, -0.1) is 13.2 Å². The van der Waals surface area contributed by atoms with Crippen molar-refractivity contribution in [2.24, 2.45) is 0 Å². The highest BCUT2D eigenvalue weighted by Gasteiger charge is 2.80. The molecule has 0 spiro atoms. The van der Waals surface area contributed by atoms with Crippen LogP contribution in [0.3, 0.4) is 0 Å². The highest BCUT2D eigenvalue weighted by Crippen LogP contribution is 2.54. The topological polar surface area (TPSA) is 59.6 Å². The van der Waals surface area contributed by atoms with Crippen LogP contribution in [-0.2, 0) is 15.4 Å². The first-order chi connectivity index (χ1) is 18.3. The molecule has 0 saturated carbocycles. The Balaban J connectivity index is 2.26. The van der Waals surface area contributed by atoms with E-state index in [2.05, 4.69) is 10.6 Å². The van der Waals surface area contributed by atoms with E-state index in [4.69, 9.17) is 23.8 Å². The number of carbonyl (C=O) groups is 1. The number of benzene rings is 2. The quantitative estimate of drug-likeness (QED) is 0.213. The van der Waals surface area contributed by atoms with Crippen molar-refractivity contribution in [3.8, 4) is 0 Å². The van der Waals surface area contributed by atoms with Crippen LogP contribution in [-0.4, -0.2) is 41.6 Å². The normalized spacial score (nSPS) is 13.6. The maximum Gasteiger partial charge on any atom is 0.527 e. The summed E-state index contributed by atoms with van der Waals surface area (Å²) in [5.74, 6) is -14.5. The number of carbonyl (C=O) groups excluding carboxylic acids is 1. The molecule has 0 fully saturated rings. The Labute approximate surface area is 230 Å². The van der Waals surface area contributed by atoms with Gasteiger partial charge in [-0.1, -0.05) is 29.8 Å². The fraction of sp³-hybridized carbons (Fsp3) is 0.333. The Morgan fingerprint density at radius 3 is 1.90 bits per heavy atom. The Morgan fingerprint density at radius 1 is 0.805 bits per heavy atom. The van der Waals surface area contributed by atoms with E-state index < -0.39 is 58.8 Å². The second-order valence-corrected chi connectivity index (χ2v) is 8.64. The number of rotatable bonds is 9. The zero-order valence-corrected chi connectivity index (χ0v) is 21.0. The van der Waals surface area contributed by atoms with Crippen LogP contribution in [0.2, 0.25) is 5.02 Å². The molecule has 0 bridgehead atoms. The molecule has 228 valence electrons. The second kappa shape index (κ2) is 11.4. The van der Waals surface area contributed by atoms with Crippen molar-refractivity contribution in [3.05, 3.63) is 64.2 Å². The van der Waals surface area contributed by atoms with E-state index in [0.29, 0.717) is 11.6 Å². The van der Waals surface area contributed by atoms with Crippen molar-refractivity contribution < 1.29 is 71.3 Å². The third-order valence-electron chi connectivity index (χ3n) is 4.68. The highest BCUT2D eigenvalue weighted by atomic mass is 35.5. The number of nitrogens with one attached hydrogen (secondary N) is 2. The van der Waals surface area contributed by atoms with Gasteiger partial charge in [-0.05, 0) is 49.0 Å². The average Bonchev–Trinajstić information content (AvgIpc) is 2.76. The molecule has 0 unspecified atom stereocenters. The van der Waals surface area contributed by atoms with E-state index in [0.717, 1.165) is 6.07 Å². The van der Waals surface area contributed by atoms with Gasteiger partial charge < -0.3 is 5.32 Å². The summed E-state index contributed by atoms with van der Waals surface area (Å²) in [6.45, 7) is 1.65. The average molecular weight is 655 g/mol. The molecule has 2 aromatic rings. The van der Waals surface area contributed by atoms with Gasteiger partial charge in [0.2, 0.25) is 0 Å². The smallest absolute Gasteiger partial charge is 0.332 e. The summed E-state index contributed by atoms with van der Waals surface area (Å²) in [6, 6.07) is 5.87. The lowest BCUT2D eigenvalue weighted by atomic mass is 10.1. The van der Waals surface area contributed by atoms with Crippen LogP contribution in [0.5, 0.6) is 0 Å². The zero-order valence-electron chi connectivity index (χ0n) is 19.5. The predicted octanol–water partition coefficient (Wildman–Crippen LogP) is 7.83. The largest absolute Gasteiger partial charge is 0.527 e. The van der Waals surface area contributed by atoms with Gasteiger partial charge in [-0.3, -0.25) is 10.1 Å². The lowest BCUT2D eigenvalue weighted by Crippen LogP contribution is -2.61.